The summed E-state index contributed by atoms with van der Waals surface area (Å²) >= 11 is 0. The zero-order chi connectivity index (χ0) is 17.5. The molecule has 0 aliphatic rings. The molecular formula is C18H18N2O4. The summed E-state index contributed by atoms with van der Waals surface area (Å²) in [5.74, 6) is -2.00. The Labute approximate surface area is 139 Å². The van der Waals surface area contributed by atoms with Gasteiger partial charge in [0, 0.05) is 11.4 Å². The number of nitrogens with one attached hydrogen (secondary N) is 2. The van der Waals surface area contributed by atoms with Crippen molar-refractivity contribution in [3.05, 3.63) is 59.7 Å². The molecule has 0 aromatic heterocycles. The van der Waals surface area contributed by atoms with Gasteiger partial charge < -0.3 is 15.4 Å². The second-order valence-electron chi connectivity index (χ2n) is 5.08. The number of hydrogen-bond donors (Lipinski definition) is 2. The van der Waals surface area contributed by atoms with Crippen LogP contribution in [0.3, 0.4) is 0 Å². The average molecular weight is 326 g/mol. The Morgan fingerprint density at radius 3 is 2.12 bits per heavy atom. The predicted octanol–water partition coefficient (Wildman–Crippen LogP) is 2.75. The van der Waals surface area contributed by atoms with Gasteiger partial charge in [0.2, 0.25) is 0 Å². The quantitative estimate of drug-likeness (QED) is 0.668. The maximum atomic E-state index is 11.9. The van der Waals surface area contributed by atoms with Gasteiger partial charge in [-0.2, -0.15) is 0 Å². The van der Waals surface area contributed by atoms with E-state index in [-0.39, 0.29) is 6.61 Å². The summed E-state index contributed by atoms with van der Waals surface area (Å²) in [5, 5.41) is 5.00. The molecule has 6 nitrogen and oxygen atoms in total. The van der Waals surface area contributed by atoms with Gasteiger partial charge in [0.1, 0.15) is 0 Å². The van der Waals surface area contributed by atoms with Crippen molar-refractivity contribution in [1.82, 2.24) is 0 Å². The molecule has 6 heteroatoms. The fourth-order valence-electron chi connectivity index (χ4n) is 2.00. The maximum Gasteiger partial charge on any atom is 0.338 e. The molecule has 2 aromatic carbocycles. The van der Waals surface area contributed by atoms with E-state index < -0.39 is 17.8 Å². The van der Waals surface area contributed by atoms with Crippen molar-refractivity contribution in [3.8, 4) is 0 Å². The molecule has 0 atom stereocenters. The Morgan fingerprint density at radius 1 is 0.917 bits per heavy atom. The Kier molecular flexibility index (Phi) is 5.68. The number of aryl methyl sites for hydroxylation is 1. The summed E-state index contributed by atoms with van der Waals surface area (Å²) in [5.41, 5.74) is 2.31. The van der Waals surface area contributed by atoms with Crippen LogP contribution in [0, 0.1) is 6.92 Å². The van der Waals surface area contributed by atoms with Crippen molar-refractivity contribution in [2.24, 2.45) is 0 Å². The van der Waals surface area contributed by atoms with Crippen LogP contribution in [0.2, 0.25) is 0 Å². The lowest BCUT2D eigenvalue weighted by atomic mass is 10.2. The van der Waals surface area contributed by atoms with Crippen LogP contribution in [-0.4, -0.2) is 24.4 Å². The molecule has 0 saturated heterocycles. The van der Waals surface area contributed by atoms with E-state index in [0.29, 0.717) is 16.9 Å². The van der Waals surface area contributed by atoms with Gasteiger partial charge >= 0.3 is 17.8 Å². The first-order valence-corrected chi connectivity index (χ1v) is 7.46. The lowest BCUT2D eigenvalue weighted by molar-refractivity contribution is -0.132. The minimum Gasteiger partial charge on any atom is -0.462 e. The fraction of sp³-hybridized carbons (Fsp3) is 0.167. The van der Waals surface area contributed by atoms with Crippen LogP contribution >= 0.6 is 0 Å². The second kappa shape index (κ2) is 7.92. The number of ether oxygens (including phenoxy) is 1. The van der Waals surface area contributed by atoms with Gasteiger partial charge in [0.15, 0.2) is 0 Å². The van der Waals surface area contributed by atoms with Crippen LogP contribution < -0.4 is 10.6 Å². The molecule has 0 radical (unpaired) electrons. The highest BCUT2D eigenvalue weighted by molar-refractivity contribution is 6.43. The van der Waals surface area contributed by atoms with Crippen molar-refractivity contribution < 1.29 is 19.1 Å². The van der Waals surface area contributed by atoms with Crippen LogP contribution in [0.15, 0.2) is 48.5 Å². The summed E-state index contributed by atoms with van der Waals surface area (Å²) in [4.78, 5) is 35.3. The molecule has 2 aromatic rings. The van der Waals surface area contributed by atoms with Crippen LogP contribution in [0.4, 0.5) is 11.4 Å². The minimum absolute atomic E-state index is 0.288. The zero-order valence-corrected chi connectivity index (χ0v) is 13.5. The van der Waals surface area contributed by atoms with Gasteiger partial charge in [-0.05, 0) is 55.8 Å². The highest BCUT2D eigenvalue weighted by atomic mass is 16.5. The number of hydrogen-bond acceptors (Lipinski definition) is 4. The Balaban J connectivity index is 1.96. The van der Waals surface area contributed by atoms with Gasteiger partial charge in [-0.3, -0.25) is 9.59 Å². The summed E-state index contributed by atoms with van der Waals surface area (Å²) in [6.07, 6.45) is 0. The molecule has 0 heterocycles. The summed E-state index contributed by atoms with van der Waals surface area (Å²) < 4.78 is 4.87. The first-order chi connectivity index (χ1) is 11.5. The lowest BCUT2D eigenvalue weighted by Crippen LogP contribution is -2.29. The molecular weight excluding hydrogens is 308 g/mol. The monoisotopic (exact) mass is 326 g/mol. The molecule has 24 heavy (non-hydrogen) atoms. The first kappa shape index (κ1) is 17.2. The smallest absolute Gasteiger partial charge is 0.338 e. The van der Waals surface area contributed by atoms with Gasteiger partial charge in [0.25, 0.3) is 0 Å². The van der Waals surface area contributed by atoms with Crippen molar-refractivity contribution in [1.29, 1.82) is 0 Å². The largest absolute Gasteiger partial charge is 0.462 e. The summed E-state index contributed by atoms with van der Waals surface area (Å²) in [6, 6.07) is 13.2. The maximum absolute atomic E-state index is 11.9. The Hall–Kier alpha value is -3.15. The third-order valence-corrected chi connectivity index (χ3v) is 3.14. The number of carbonyl (C=O) groups excluding carboxylic acids is 3. The third-order valence-electron chi connectivity index (χ3n) is 3.14. The predicted molar refractivity (Wildman–Crippen MR) is 90.8 cm³/mol. The molecule has 0 aliphatic carbocycles. The molecule has 2 N–H and O–H groups in total. The Bertz CT molecular complexity index is 754. The van der Waals surface area contributed by atoms with Gasteiger partial charge in [-0.1, -0.05) is 12.1 Å². The van der Waals surface area contributed by atoms with Crippen molar-refractivity contribution in [2.75, 3.05) is 17.2 Å². The highest BCUT2D eigenvalue weighted by Gasteiger charge is 2.14. The average Bonchev–Trinajstić information content (AvgIpc) is 2.55. The standard InChI is InChI=1S/C18H18N2O4/c1-3-24-18(23)13-7-9-14(10-8-13)19-16(21)17(22)20-15-6-4-5-12(2)11-15/h4-11H,3H2,1-2H3,(H,19,21)(H,20,22). The number of esters is 1. The second-order valence-corrected chi connectivity index (χ2v) is 5.08. The molecule has 0 spiro atoms. The fourth-order valence-corrected chi connectivity index (χ4v) is 2.00. The number of rotatable bonds is 4. The molecule has 2 rings (SSSR count). The highest BCUT2D eigenvalue weighted by Crippen LogP contribution is 2.12. The van der Waals surface area contributed by atoms with Gasteiger partial charge in [0.05, 0.1) is 12.2 Å². The summed E-state index contributed by atoms with van der Waals surface area (Å²) in [6.45, 7) is 3.90. The van der Waals surface area contributed by atoms with E-state index in [2.05, 4.69) is 10.6 Å². The van der Waals surface area contributed by atoms with Crippen molar-refractivity contribution >= 4 is 29.2 Å². The molecule has 0 fully saturated rings. The molecule has 0 saturated carbocycles. The van der Waals surface area contributed by atoms with E-state index >= 15 is 0 Å². The van der Waals surface area contributed by atoms with Crippen molar-refractivity contribution in [2.45, 2.75) is 13.8 Å². The van der Waals surface area contributed by atoms with Gasteiger partial charge in [-0.15, -0.1) is 0 Å². The third kappa shape index (κ3) is 4.67. The van der Waals surface area contributed by atoms with Crippen LogP contribution in [0.5, 0.6) is 0 Å². The van der Waals surface area contributed by atoms with E-state index in [1.807, 2.05) is 13.0 Å². The molecule has 0 bridgehead atoms. The normalized spacial score (nSPS) is 9.92. The molecule has 0 aliphatic heterocycles. The SMILES string of the molecule is CCOC(=O)c1ccc(NC(=O)C(=O)Nc2cccc(C)c2)cc1. The molecule has 2 amide bonds. The molecule has 0 unspecified atom stereocenters. The van der Waals surface area contributed by atoms with Crippen LogP contribution in [0.25, 0.3) is 0 Å². The van der Waals surface area contributed by atoms with E-state index in [1.54, 1.807) is 25.1 Å². The summed E-state index contributed by atoms with van der Waals surface area (Å²) in [7, 11) is 0. The number of benzene rings is 2. The van der Waals surface area contributed by atoms with E-state index in [4.69, 9.17) is 4.74 Å². The number of anilines is 2. The molecule has 124 valence electrons. The lowest BCUT2D eigenvalue weighted by Gasteiger charge is -2.08. The van der Waals surface area contributed by atoms with Crippen LogP contribution in [0.1, 0.15) is 22.8 Å². The topological polar surface area (TPSA) is 84.5 Å². The first-order valence-electron chi connectivity index (χ1n) is 7.46. The minimum atomic E-state index is -0.791. The van der Waals surface area contributed by atoms with Gasteiger partial charge in [-0.25, -0.2) is 4.79 Å². The van der Waals surface area contributed by atoms with Crippen molar-refractivity contribution in [3.63, 3.8) is 0 Å². The Morgan fingerprint density at radius 2 is 1.54 bits per heavy atom. The van der Waals surface area contributed by atoms with E-state index in [0.717, 1.165) is 5.56 Å². The van der Waals surface area contributed by atoms with E-state index in [1.165, 1.54) is 24.3 Å². The van der Waals surface area contributed by atoms with E-state index in [9.17, 15) is 14.4 Å². The number of amides is 2. The number of carbonyl (C=O) groups is 3. The van der Waals surface area contributed by atoms with Crippen LogP contribution in [-0.2, 0) is 14.3 Å². The zero-order valence-electron chi connectivity index (χ0n) is 13.5.